The van der Waals surface area contributed by atoms with Crippen molar-refractivity contribution in [3.8, 4) is 0 Å². The van der Waals surface area contributed by atoms with E-state index in [1.807, 2.05) is 0 Å². The van der Waals surface area contributed by atoms with Crippen LogP contribution >= 0.6 is 0 Å². The van der Waals surface area contributed by atoms with Gasteiger partial charge in [0, 0.05) is 18.6 Å². The number of rotatable bonds is 4. The highest BCUT2D eigenvalue weighted by Crippen LogP contribution is 2.61. The van der Waals surface area contributed by atoms with Gasteiger partial charge in [-0.25, -0.2) is 0 Å². The number of carbonyl (C=O) groups excluding carboxylic acids is 1. The number of hydrogen-bond donors (Lipinski definition) is 1. The molecule has 3 aliphatic rings. The zero-order valence-electron chi connectivity index (χ0n) is 12.4. The molecule has 1 aromatic carbocycles. The largest absolute Gasteiger partial charge is 0.378 e. The summed E-state index contributed by atoms with van der Waals surface area (Å²) in [6.07, 6.45) is 6.54. The van der Waals surface area contributed by atoms with Crippen LogP contribution in [0.15, 0.2) is 24.3 Å². The number of benzene rings is 1. The van der Waals surface area contributed by atoms with Crippen LogP contribution in [-0.4, -0.2) is 25.2 Å². The molecule has 112 valence electrons. The van der Waals surface area contributed by atoms with Crippen molar-refractivity contribution in [2.45, 2.75) is 50.0 Å². The SMILES string of the molecule is O=C(C[C@@H]1CCCO1)NC[C@H]1C[C@]12CCc1ccccc12. The topological polar surface area (TPSA) is 38.3 Å². The Morgan fingerprint density at radius 3 is 3.14 bits per heavy atom. The molecule has 1 saturated heterocycles. The molecule has 1 N–H and O–H groups in total. The molecule has 21 heavy (non-hydrogen) atoms. The second-order valence-electron chi connectivity index (χ2n) is 6.86. The lowest BCUT2D eigenvalue weighted by Gasteiger charge is -2.13. The summed E-state index contributed by atoms with van der Waals surface area (Å²) in [7, 11) is 0. The molecule has 0 aromatic heterocycles. The third-order valence-corrected chi connectivity index (χ3v) is 5.61. The van der Waals surface area contributed by atoms with E-state index in [0.717, 1.165) is 26.0 Å². The summed E-state index contributed by atoms with van der Waals surface area (Å²) >= 11 is 0. The molecule has 0 bridgehead atoms. The Hall–Kier alpha value is -1.35. The van der Waals surface area contributed by atoms with Crippen molar-refractivity contribution in [1.82, 2.24) is 5.32 Å². The van der Waals surface area contributed by atoms with Crippen molar-refractivity contribution < 1.29 is 9.53 Å². The normalized spacial score (nSPS) is 33.1. The molecule has 1 heterocycles. The van der Waals surface area contributed by atoms with Crippen LogP contribution in [0.1, 0.15) is 43.2 Å². The quantitative estimate of drug-likeness (QED) is 0.923. The van der Waals surface area contributed by atoms with Crippen molar-refractivity contribution >= 4 is 5.91 Å². The lowest BCUT2D eigenvalue weighted by Crippen LogP contribution is -2.30. The number of aryl methyl sites for hydroxylation is 1. The predicted octanol–water partition coefficient (Wildman–Crippen LogP) is 2.58. The fraction of sp³-hybridized carbons (Fsp3) is 0.611. The van der Waals surface area contributed by atoms with Gasteiger partial charge in [0.1, 0.15) is 0 Å². The number of hydrogen-bond acceptors (Lipinski definition) is 2. The molecule has 1 saturated carbocycles. The fourth-order valence-corrected chi connectivity index (χ4v) is 4.32. The summed E-state index contributed by atoms with van der Waals surface area (Å²) in [6, 6.07) is 8.84. The van der Waals surface area contributed by atoms with Gasteiger partial charge in [-0.3, -0.25) is 4.79 Å². The van der Waals surface area contributed by atoms with Crippen LogP contribution in [0.25, 0.3) is 0 Å². The molecular weight excluding hydrogens is 262 g/mol. The first-order valence-corrected chi connectivity index (χ1v) is 8.25. The highest BCUT2D eigenvalue weighted by atomic mass is 16.5. The fourth-order valence-electron chi connectivity index (χ4n) is 4.32. The maximum atomic E-state index is 12.0. The second-order valence-corrected chi connectivity index (χ2v) is 6.86. The first-order chi connectivity index (χ1) is 10.3. The predicted molar refractivity (Wildman–Crippen MR) is 81.1 cm³/mol. The Balaban J connectivity index is 1.31. The van der Waals surface area contributed by atoms with Gasteiger partial charge in [0.25, 0.3) is 0 Å². The minimum Gasteiger partial charge on any atom is -0.378 e. The van der Waals surface area contributed by atoms with Gasteiger partial charge in [0.2, 0.25) is 5.91 Å². The van der Waals surface area contributed by atoms with E-state index in [1.165, 1.54) is 24.8 Å². The number of carbonyl (C=O) groups is 1. The second kappa shape index (κ2) is 5.13. The van der Waals surface area contributed by atoms with Crippen LogP contribution in [0.4, 0.5) is 0 Å². The first kappa shape index (κ1) is 13.3. The average molecular weight is 285 g/mol. The zero-order valence-corrected chi connectivity index (χ0v) is 12.4. The van der Waals surface area contributed by atoms with Gasteiger partial charge in [-0.05, 0) is 49.1 Å². The molecular formula is C18H23NO2. The van der Waals surface area contributed by atoms with E-state index in [0.29, 0.717) is 17.8 Å². The van der Waals surface area contributed by atoms with Crippen LogP contribution in [0.3, 0.4) is 0 Å². The van der Waals surface area contributed by atoms with Crippen molar-refractivity contribution in [2.75, 3.05) is 13.2 Å². The number of ether oxygens (including phenoxy) is 1. The number of amides is 1. The summed E-state index contributed by atoms with van der Waals surface area (Å²) in [5.74, 6) is 0.796. The van der Waals surface area contributed by atoms with E-state index in [1.54, 1.807) is 5.56 Å². The summed E-state index contributed by atoms with van der Waals surface area (Å²) in [5.41, 5.74) is 3.45. The molecule has 1 amide bonds. The summed E-state index contributed by atoms with van der Waals surface area (Å²) in [4.78, 5) is 12.0. The van der Waals surface area contributed by atoms with Gasteiger partial charge in [0.15, 0.2) is 0 Å². The zero-order chi connectivity index (χ0) is 14.3. The van der Waals surface area contributed by atoms with E-state index in [4.69, 9.17) is 4.74 Å². The van der Waals surface area contributed by atoms with Gasteiger partial charge < -0.3 is 10.1 Å². The number of nitrogens with one attached hydrogen (secondary N) is 1. The van der Waals surface area contributed by atoms with E-state index >= 15 is 0 Å². The third kappa shape index (κ3) is 2.38. The van der Waals surface area contributed by atoms with Crippen LogP contribution in [0.5, 0.6) is 0 Å². The van der Waals surface area contributed by atoms with E-state index in [9.17, 15) is 4.79 Å². The Morgan fingerprint density at radius 1 is 1.38 bits per heavy atom. The summed E-state index contributed by atoms with van der Waals surface area (Å²) in [6.45, 7) is 1.65. The first-order valence-electron chi connectivity index (χ1n) is 8.25. The van der Waals surface area contributed by atoms with E-state index in [-0.39, 0.29) is 12.0 Å². The standard InChI is InChI=1S/C18H23NO2/c20-17(10-15-5-3-9-21-15)19-12-14-11-18(14)8-7-13-4-1-2-6-16(13)18/h1-2,4,6,14-15H,3,5,7-12H2,(H,19,20)/t14-,15+,18-/m1/s1. The monoisotopic (exact) mass is 285 g/mol. The Morgan fingerprint density at radius 2 is 2.29 bits per heavy atom. The molecule has 1 spiro atoms. The van der Waals surface area contributed by atoms with Crippen LogP contribution in [0, 0.1) is 5.92 Å². The molecule has 2 aliphatic carbocycles. The minimum absolute atomic E-state index is 0.158. The maximum absolute atomic E-state index is 12.0. The molecule has 0 unspecified atom stereocenters. The molecule has 1 aliphatic heterocycles. The molecule has 1 aromatic rings. The maximum Gasteiger partial charge on any atom is 0.222 e. The van der Waals surface area contributed by atoms with Gasteiger partial charge in [-0.15, -0.1) is 0 Å². The molecule has 3 heteroatoms. The Kier molecular flexibility index (Phi) is 3.26. The smallest absolute Gasteiger partial charge is 0.222 e. The van der Waals surface area contributed by atoms with Gasteiger partial charge in [-0.2, -0.15) is 0 Å². The Bertz CT molecular complexity index is 550. The van der Waals surface area contributed by atoms with Crippen molar-refractivity contribution in [2.24, 2.45) is 5.92 Å². The van der Waals surface area contributed by atoms with Crippen LogP contribution in [0.2, 0.25) is 0 Å². The highest BCUT2D eigenvalue weighted by molar-refractivity contribution is 5.76. The third-order valence-electron chi connectivity index (χ3n) is 5.61. The van der Waals surface area contributed by atoms with Gasteiger partial charge >= 0.3 is 0 Å². The summed E-state index contributed by atoms with van der Waals surface area (Å²) < 4.78 is 5.52. The van der Waals surface area contributed by atoms with E-state index in [2.05, 4.69) is 29.6 Å². The lowest BCUT2D eigenvalue weighted by atomic mass is 9.95. The highest BCUT2D eigenvalue weighted by Gasteiger charge is 2.57. The minimum atomic E-state index is 0.158. The lowest BCUT2D eigenvalue weighted by molar-refractivity contribution is -0.123. The molecule has 3 nitrogen and oxygen atoms in total. The van der Waals surface area contributed by atoms with Gasteiger partial charge in [-0.1, -0.05) is 24.3 Å². The van der Waals surface area contributed by atoms with Crippen molar-refractivity contribution in [3.63, 3.8) is 0 Å². The van der Waals surface area contributed by atoms with Crippen molar-refractivity contribution in [1.29, 1.82) is 0 Å². The molecule has 3 atom stereocenters. The Labute approximate surface area is 126 Å². The van der Waals surface area contributed by atoms with Crippen LogP contribution < -0.4 is 5.32 Å². The molecule has 2 fully saturated rings. The number of fused-ring (bicyclic) bond motifs is 2. The van der Waals surface area contributed by atoms with Crippen LogP contribution in [-0.2, 0) is 21.4 Å². The van der Waals surface area contributed by atoms with Gasteiger partial charge in [0.05, 0.1) is 12.5 Å². The molecule has 4 rings (SSSR count). The summed E-state index contributed by atoms with van der Waals surface area (Å²) in [5, 5.41) is 3.13. The van der Waals surface area contributed by atoms with Crippen molar-refractivity contribution in [3.05, 3.63) is 35.4 Å². The van der Waals surface area contributed by atoms with E-state index < -0.39 is 0 Å². The molecule has 0 radical (unpaired) electrons. The average Bonchev–Trinajstić information content (AvgIpc) is 2.83.